The number of nitrogens with one attached hydrogen (secondary N) is 1. The van der Waals surface area contributed by atoms with Crippen molar-refractivity contribution in [1.82, 2.24) is 0 Å². The first-order valence-corrected chi connectivity index (χ1v) is 9.62. The Kier molecular flexibility index (Phi) is 5.16. The smallest absolute Gasteiger partial charge is 0.357 e. The third-order valence-corrected chi connectivity index (χ3v) is 6.07. The maximum atomic E-state index is 13.2. The van der Waals surface area contributed by atoms with E-state index in [1.165, 1.54) is 5.56 Å². The van der Waals surface area contributed by atoms with E-state index in [1.54, 1.807) is 0 Å². The Bertz CT molecular complexity index is 662. The summed E-state index contributed by atoms with van der Waals surface area (Å²) >= 11 is 0. The quantitative estimate of drug-likeness (QED) is 0.784. The number of hydrogen-bond acceptors (Lipinski definition) is 4. The minimum absolute atomic E-state index is 0.469. The summed E-state index contributed by atoms with van der Waals surface area (Å²) in [6, 6.07) is 17.8. The molecule has 2 aromatic carbocycles. The van der Waals surface area contributed by atoms with Crippen molar-refractivity contribution in [3.8, 4) is 0 Å². The van der Waals surface area contributed by atoms with Crippen LogP contribution in [0.3, 0.4) is 0 Å². The monoisotopic (exact) mass is 331 g/mol. The van der Waals surface area contributed by atoms with Gasteiger partial charge in [-0.3, -0.25) is 4.57 Å². The molecule has 0 bridgehead atoms. The van der Waals surface area contributed by atoms with Gasteiger partial charge in [-0.25, -0.2) is 0 Å². The second-order valence-electron chi connectivity index (χ2n) is 5.57. The number of rotatable bonds is 5. The predicted molar refractivity (Wildman–Crippen MR) is 92.8 cm³/mol. The molecular formula is C18H22NO3P. The van der Waals surface area contributed by atoms with E-state index in [9.17, 15) is 4.57 Å². The summed E-state index contributed by atoms with van der Waals surface area (Å²) in [6.45, 7) is 3.06. The normalized spacial score (nSPS) is 18.3. The van der Waals surface area contributed by atoms with Crippen molar-refractivity contribution in [2.75, 3.05) is 18.5 Å². The molecule has 1 N–H and O–H groups in total. The largest absolute Gasteiger partial charge is 0.368 e. The summed E-state index contributed by atoms with van der Waals surface area (Å²) in [4.78, 5) is 0. The zero-order chi connectivity index (χ0) is 16.1. The van der Waals surface area contributed by atoms with Gasteiger partial charge in [-0.2, -0.15) is 0 Å². The van der Waals surface area contributed by atoms with Crippen LogP contribution < -0.4 is 5.32 Å². The van der Waals surface area contributed by atoms with E-state index in [1.807, 2.05) is 42.5 Å². The van der Waals surface area contributed by atoms with Crippen LogP contribution in [0.25, 0.3) is 0 Å². The fraction of sp³-hybridized carbons (Fsp3) is 0.333. The van der Waals surface area contributed by atoms with Crippen molar-refractivity contribution in [1.29, 1.82) is 0 Å². The highest BCUT2D eigenvalue weighted by Crippen LogP contribution is 2.62. The lowest BCUT2D eigenvalue weighted by Gasteiger charge is -2.31. The van der Waals surface area contributed by atoms with Crippen LogP contribution in [0, 0.1) is 0 Å². The molecule has 1 atom stereocenters. The summed E-state index contributed by atoms with van der Waals surface area (Å²) < 4.78 is 24.3. The van der Waals surface area contributed by atoms with Gasteiger partial charge in [0.1, 0.15) is 0 Å². The predicted octanol–water partition coefficient (Wildman–Crippen LogP) is 4.99. The van der Waals surface area contributed by atoms with Crippen molar-refractivity contribution in [2.24, 2.45) is 0 Å². The van der Waals surface area contributed by atoms with Crippen molar-refractivity contribution >= 4 is 13.3 Å². The van der Waals surface area contributed by atoms with E-state index in [0.29, 0.717) is 13.2 Å². The van der Waals surface area contributed by atoms with Gasteiger partial charge in [0.2, 0.25) is 0 Å². The van der Waals surface area contributed by atoms with Crippen LogP contribution in [0.2, 0.25) is 0 Å². The summed E-state index contributed by atoms with van der Waals surface area (Å²) in [5.74, 6) is -0.503. The molecule has 0 amide bonds. The second kappa shape index (κ2) is 7.31. The first-order chi connectivity index (χ1) is 11.2. The zero-order valence-corrected chi connectivity index (χ0v) is 14.2. The molecule has 5 heteroatoms. The van der Waals surface area contributed by atoms with Gasteiger partial charge >= 0.3 is 7.60 Å². The van der Waals surface area contributed by atoms with Crippen LogP contribution in [0.15, 0.2) is 54.6 Å². The van der Waals surface area contributed by atoms with Gasteiger partial charge in [-0.05, 0) is 36.1 Å². The topological polar surface area (TPSA) is 47.6 Å². The molecule has 0 spiro atoms. The average Bonchev–Trinajstić information content (AvgIpc) is 2.61. The Balaban J connectivity index is 1.90. The highest BCUT2D eigenvalue weighted by Gasteiger charge is 2.39. The first kappa shape index (κ1) is 16.3. The van der Waals surface area contributed by atoms with Crippen molar-refractivity contribution in [2.45, 2.75) is 25.5 Å². The number of anilines is 1. The fourth-order valence-corrected chi connectivity index (χ4v) is 4.59. The van der Waals surface area contributed by atoms with Gasteiger partial charge in [0.15, 0.2) is 5.78 Å². The molecule has 3 rings (SSSR count). The van der Waals surface area contributed by atoms with Crippen molar-refractivity contribution in [3.05, 3.63) is 65.7 Å². The van der Waals surface area contributed by atoms with Crippen LogP contribution in [0.4, 0.5) is 5.69 Å². The van der Waals surface area contributed by atoms with E-state index in [4.69, 9.17) is 9.05 Å². The van der Waals surface area contributed by atoms with E-state index >= 15 is 0 Å². The standard InChI is InChI=1S/C18H22NO3P/c1-2-15-9-11-17(12-10-15)19-18(16-7-4-3-5-8-16)23(20)21-13-6-14-22-23/h3-5,7-12,18-19H,2,6,13-14H2,1H3/t18-/m1/s1. The molecule has 122 valence electrons. The summed E-state index contributed by atoms with van der Waals surface area (Å²) in [6.07, 6.45) is 1.77. The van der Waals surface area contributed by atoms with Crippen LogP contribution >= 0.6 is 7.60 Å². The summed E-state index contributed by atoms with van der Waals surface area (Å²) in [7, 11) is -3.24. The van der Waals surface area contributed by atoms with Crippen molar-refractivity contribution < 1.29 is 13.6 Å². The molecule has 0 aliphatic carbocycles. The average molecular weight is 331 g/mol. The van der Waals surface area contributed by atoms with Gasteiger partial charge in [0, 0.05) is 5.69 Å². The number of aryl methyl sites for hydroxylation is 1. The third kappa shape index (κ3) is 3.84. The molecule has 1 fully saturated rings. The number of hydrogen-bond donors (Lipinski definition) is 1. The Morgan fingerprint density at radius 3 is 2.30 bits per heavy atom. The van der Waals surface area contributed by atoms with Gasteiger partial charge in [0.25, 0.3) is 0 Å². The SMILES string of the molecule is CCc1ccc(N[C@@H](c2ccccc2)P2(=O)OCCCO2)cc1. The van der Waals surface area contributed by atoms with E-state index in [2.05, 4.69) is 24.4 Å². The summed E-state index contributed by atoms with van der Waals surface area (Å²) in [5.41, 5.74) is 3.07. The zero-order valence-electron chi connectivity index (χ0n) is 13.3. The lowest BCUT2D eigenvalue weighted by atomic mass is 10.1. The third-order valence-electron chi connectivity index (χ3n) is 3.93. The van der Waals surface area contributed by atoms with Gasteiger partial charge in [-0.1, -0.05) is 49.4 Å². The molecule has 0 saturated carbocycles. The van der Waals surface area contributed by atoms with Crippen LogP contribution in [-0.2, 0) is 20.0 Å². The fourth-order valence-electron chi connectivity index (χ4n) is 2.60. The minimum atomic E-state index is -3.24. The second-order valence-corrected chi connectivity index (χ2v) is 7.68. The van der Waals surface area contributed by atoms with Gasteiger partial charge in [0.05, 0.1) is 13.2 Å². The molecule has 4 nitrogen and oxygen atoms in total. The van der Waals surface area contributed by atoms with E-state index in [-0.39, 0.29) is 0 Å². The molecule has 1 heterocycles. The van der Waals surface area contributed by atoms with Gasteiger partial charge < -0.3 is 14.4 Å². The molecular weight excluding hydrogens is 309 g/mol. The molecule has 0 unspecified atom stereocenters. The minimum Gasteiger partial charge on any atom is -0.368 e. The highest BCUT2D eigenvalue weighted by molar-refractivity contribution is 7.54. The van der Waals surface area contributed by atoms with Crippen LogP contribution in [0.1, 0.15) is 30.3 Å². The Hall–Kier alpha value is -1.61. The van der Waals surface area contributed by atoms with E-state index in [0.717, 1.165) is 24.1 Å². The lowest BCUT2D eigenvalue weighted by molar-refractivity contribution is 0.142. The molecule has 23 heavy (non-hydrogen) atoms. The van der Waals surface area contributed by atoms with Crippen LogP contribution in [0.5, 0.6) is 0 Å². The maximum absolute atomic E-state index is 13.2. The van der Waals surface area contributed by atoms with E-state index < -0.39 is 13.4 Å². The molecule has 2 aromatic rings. The number of benzene rings is 2. The van der Waals surface area contributed by atoms with Crippen LogP contribution in [-0.4, -0.2) is 13.2 Å². The maximum Gasteiger partial charge on any atom is 0.357 e. The lowest BCUT2D eigenvalue weighted by Crippen LogP contribution is -2.19. The highest BCUT2D eigenvalue weighted by atomic mass is 31.2. The Morgan fingerprint density at radius 1 is 1.04 bits per heavy atom. The molecule has 1 aliphatic heterocycles. The molecule has 0 aromatic heterocycles. The van der Waals surface area contributed by atoms with Gasteiger partial charge in [-0.15, -0.1) is 0 Å². The summed E-state index contributed by atoms with van der Waals surface area (Å²) in [5, 5.41) is 3.34. The first-order valence-electron chi connectivity index (χ1n) is 8.00. The molecule has 0 radical (unpaired) electrons. The van der Waals surface area contributed by atoms with Crippen molar-refractivity contribution in [3.63, 3.8) is 0 Å². The Morgan fingerprint density at radius 2 is 1.70 bits per heavy atom. The Labute approximate surface area is 137 Å². The molecule has 1 aliphatic rings. The molecule has 1 saturated heterocycles.